The second kappa shape index (κ2) is 7.46. The number of carbonyl (C=O) groups is 2. The Balaban J connectivity index is 1.40. The summed E-state index contributed by atoms with van der Waals surface area (Å²) in [5, 5.41) is 8.92. The molecule has 4 rings (SSSR count). The zero-order chi connectivity index (χ0) is 18.8. The van der Waals surface area contributed by atoms with Crippen molar-refractivity contribution in [3.63, 3.8) is 0 Å². The van der Waals surface area contributed by atoms with E-state index in [1.807, 2.05) is 23.1 Å². The number of nitrogens with zero attached hydrogens (tertiary/aromatic N) is 3. The molecule has 27 heavy (non-hydrogen) atoms. The summed E-state index contributed by atoms with van der Waals surface area (Å²) < 4.78 is 11.2. The zero-order valence-corrected chi connectivity index (χ0v) is 15.4. The Morgan fingerprint density at radius 2 is 2.04 bits per heavy atom. The van der Waals surface area contributed by atoms with Crippen LogP contribution < -0.4 is 14.8 Å². The summed E-state index contributed by atoms with van der Waals surface area (Å²) in [5.74, 6) is 1.40. The van der Waals surface area contributed by atoms with Crippen molar-refractivity contribution >= 4 is 23.2 Å². The standard InChI is InChI=1S/C19H24N4O4/c1-22-18(24)7-5-15(21-22)19(25)23-8-2-3-14(12-23)20-13-4-6-16-17(11-13)27-10-9-26-16/h4,6,11,14,20H,2-3,5,7-10,12H2,1H3. The molecule has 1 atom stereocenters. The van der Waals surface area contributed by atoms with Gasteiger partial charge in [0.25, 0.3) is 5.91 Å². The highest BCUT2D eigenvalue weighted by atomic mass is 16.6. The molecule has 0 radical (unpaired) electrons. The van der Waals surface area contributed by atoms with Gasteiger partial charge in [0.05, 0.1) is 0 Å². The van der Waals surface area contributed by atoms with E-state index in [-0.39, 0.29) is 17.9 Å². The second-order valence-corrected chi connectivity index (χ2v) is 7.06. The van der Waals surface area contributed by atoms with Crippen molar-refractivity contribution in [2.45, 2.75) is 31.7 Å². The highest BCUT2D eigenvalue weighted by Crippen LogP contribution is 2.33. The van der Waals surface area contributed by atoms with Crippen molar-refractivity contribution in [2.75, 3.05) is 38.7 Å². The normalized spacial score (nSPS) is 22.3. The van der Waals surface area contributed by atoms with E-state index in [0.717, 1.165) is 36.6 Å². The Kier molecular flexibility index (Phi) is 4.87. The highest BCUT2D eigenvalue weighted by Gasteiger charge is 2.29. The van der Waals surface area contributed by atoms with Gasteiger partial charge in [-0.1, -0.05) is 0 Å². The van der Waals surface area contributed by atoms with Crippen LogP contribution in [0.2, 0.25) is 0 Å². The predicted octanol–water partition coefficient (Wildman–Crippen LogP) is 1.47. The van der Waals surface area contributed by atoms with Crippen LogP contribution in [0.4, 0.5) is 5.69 Å². The summed E-state index contributed by atoms with van der Waals surface area (Å²) in [4.78, 5) is 26.2. The monoisotopic (exact) mass is 372 g/mol. The van der Waals surface area contributed by atoms with Gasteiger partial charge in [0.1, 0.15) is 18.9 Å². The SMILES string of the molecule is CN1N=C(C(=O)N2CCCC(Nc3ccc4c(c3)OCCO4)C2)CCC1=O. The van der Waals surface area contributed by atoms with Crippen LogP contribution in [-0.4, -0.2) is 66.8 Å². The first kappa shape index (κ1) is 17.6. The highest BCUT2D eigenvalue weighted by molar-refractivity contribution is 6.39. The van der Waals surface area contributed by atoms with Crippen molar-refractivity contribution in [3.8, 4) is 11.5 Å². The molecule has 0 saturated carbocycles. The van der Waals surface area contributed by atoms with Crippen LogP contribution in [0.3, 0.4) is 0 Å². The Morgan fingerprint density at radius 3 is 2.85 bits per heavy atom. The first-order valence-corrected chi connectivity index (χ1v) is 9.39. The summed E-state index contributed by atoms with van der Waals surface area (Å²) in [6, 6.07) is 5.99. The van der Waals surface area contributed by atoms with Crippen LogP contribution in [0.1, 0.15) is 25.7 Å². The van der Waals surface area contributed by atoms with Gasteiger partial charge in [-0.05, 0) is 25.0 Å². The molecule has 3 aliphatic rings. The average Bonchev–Trinajstić information content (AvgIpc) is 2.69. The van der Waals surface area contributed by atoms with E-state index >= 15 is 0 Å². The van der Waals surface area contributed by atoms with Gasteiger partial charge < -0.3 is 19.7 Å². The van der Waals surface area contributed by atoms with Crippen molar-refractivity contribution in [1.82, 2.24) is 9.91 Å². The predicted molar refractivity (Wildman–Crippen MR) is 100 cm³/mol. The lowest BCUT2D eigenvalue weighted by atomic mass is 10.0. The lowest BCUT2D eigenvalue weighted by Gasteiger charge is -2.34. The van der Waals surface area contributed by atoms with Crippen molar-refractivity contribution < 1.29 is 19.1 Å². The molecule has 144 valence electrons. The molecule has 1 aromatic rings. The number of benzene rings is 1. The van der Waals surface area contributed by atoms with E-state index < -0.39 is 0 Å². The summed E-state index contributed by atoms with van der Waals surface area (Å²) in [5.41, 5.74) is 1.43. The fourth-order valence-electron chi connectivity index (χ4n) is 3.65. The van der Waals surface area contributed by atoms with Gasteiger partial charge in [0, 0.05) is 50.8 Å². The van der Waals surface area contributed by atoms with Crippen molar-refractivity contribution in [2.24, 2.45) is 5.10 Å². The van der Waals surface area contributed by atoms with Gasteiger partial charge in [-0.3, -0.25) is 9.59 Å². The first-order valence-electron chi connectivity index (χ1n) is 9.39. The summed E-state index contributed by atoms with van der Waals surface area (Å²) in [7, 11) is 1.59. The number of hydrogen-bond donors (Lipinski definition) is 1. The molecule has 1 fully saturated rings. The molecule has 8 nitrogen and oxygen atoms in total. The van der Waals surface area contributed by atoms with Crippen LogP contribution in [0.25, 0.3) is 0 Å². The largest absolute Gasteiger partial charge is 0.486 e. The number of anilines is 1. The third-order valence-corrected chi connectivity index (χ3v) is 5.08. The summed E-state index contributed by atoms with van der Waals surface area (Å²) in [6.45, 7) is 2.46. The van der Waals surface area contributed by atoms with Gasteiger partial charge in [-0.2, -0.15) is 5.10 Å². The molecule has 1 N–H and O–H groups in total. The van der Waals surface area contributed by atoms with E-state index in [2.05, 4.69) is 10.4 Å². The van der Waals surface area contributed by atoms with E-state index in [0.29, 0.717) is 38.3 Å². The topological polar surface area (TPSA) is 83.5 Å². The third kappa shape index (κ3) is 3.84. The van der Waals surface area contributed by atoms with Crippen LogP contribution in [0.5, 0.6) is 11.5 Å². The Morgan fingerprint density at radius 1 is 1.22 bits per heavy atom. The van der Waals surface area contributed by atoms with Gasteiger partial charge in [-0.25, -0.2) is 5.01 Å². The van der Waals surface area contributed by atoms with Gasteiger partial charge in [-0.15, -0.1) is 0 Å². The quantitative estimate of drug-likeness (QED) is 0.869. The summed E-state index contributed by atoms with van der Waals surface area (Å²) in [6.07, 6.45) is 2.67. The number of carbonyl (C=O) groups excluding carboxylic acids is 2. The first-order chi connectivity index (χ1) is 13.1. The molecule has 2 amide bonds. The number of likely N-dealkylation sites (tertiary alicyclic amines) is 1. The minimum atomic E-state index is -0.0666. The van der Waals surface area contributed by atoms with E-state index in [1.54, 1.807) is 7.05 Å². The number of fused-ring (bicyclic) bond motifs is 1. The fourth-order valence-corrected chi connectivity index (χ4v) is 3.65. The molecule has 8 heteroatoms. The maximum Gasteiger partial charge on any atom is 0.270 e. The van der Waals surface area contributed by atoms with Crippen molar-refractivity contribution in [1.29, 1.82) is 0 Å². The smallest absolute Gasteiger partial charge is 0.270 e. The van der Waals surface area contributed by atoms with Gasteiger partial charge in [0.2, 0.25) is 5.91 Å². The fraction of sp³-hybridized carbons (Fsp3) is 0.526. The molecule has 0 bridgehead atoms. The molecular weight excluding hydrogens is 348 g/mol. The molecule has 1 unspecified atom stereocenters. The van der Waals surface area contributed by atoms with E-state index in [4.69, 9.17) is 9.47 Å². The lowest BCUT2D eigenvalue weighted by molar-refractivity contribution is -0.130. The minimum absolute atomic E-state index is 0.0525. The van der Waals surface area contributed by atoms with Crippen LogP contribution >= 0.6 is 0 Å². The molecule has 3 heterocycles. The van der Waals surface area contributed by atoms with Crippen LogP contribution in [-0.2, 0) is 9.59 Å². The molecule has 0 aliphatic carbocycles. The van der Waals surface area contributed by atoms with E-state index in [9.17, 15) is 9.59 Å². The average molecular weight is 372 g/mol. The Labute approximate surface area is 158 Å². The maximum absolute atomic E-state index is 12.8. The lowest BCUT2D eigenvalue weighted by Crippen LogP contribution is -2.48. The second-order valence-electron chi connectivity index (χ2n) is 7.06. The van der Waals surface area contributed by atoms with E-state index in [1.165, 1.54) is 5.01 Å². The number of piperidine rings is 1. The Bertz CT molecular complexity index is 779. The number of nitrogens with one attached hydrogen (secondary N) is 1. The number of ether oxygens (including phenoxy) is 2. The molecule has 3 aliphatic heterocycles. The van der Waals surface area contributed by atoms with Crippen LogP contribution in [0.15, 0.2) is 23.3 Å². The third-order valence-electron chi connectivity index (χ3n) is 5.08. The number of rotatable bonds is 3. The van der Waals surface area contributed by atoms with Gasteiger partial charge in [0.15, 0.2) is 11.5 Å². The molecular formula is C19H24N4O4. The number of hydrogen-bond acceptors (Lipinski definition) is 6. The molecule has 1 aromatic carbocycles. The maximum atomic E-state index is 12.8. The molecule has 0 aromatic heterocycles. The number of amides is 2. The Hall–Kier alpha value is -2.77. The minimum Gasteiger partial charge on any atom is -0.486 e. The van der Waals surface area contributed by atoms with Gasteiger partial charge >= 0.3 is 0 Å². The molecule has 0 spiro atoms. The summed E-state index contributed by atoms with van der Waals surface area (Å²) >= 11 is 0. The number of hydrazone groups is 1. The van der Waals surface area contributed by atoms with Crippen LogP contribution in [0, 0.1) is 0 Å². The van der Waals surface area contributed by atoms with Crippen molar-refractivity contribution in [3.05, 3.63) is 18.2 Å². The zero-order valence-electron chi connectivity index (χ0n) is 15.4. The molecule has 1 saturated heterocycles.